The molecule has 0 saturated carbocycles. The second kappa shape index (κ2) is 5.01. The molecule has 1 aromatic rings. The number of carbonyl (C=O) groups excluding carboxylic acids is 2. The number of hydrogen-bond donors (Lipinski definition) is 3. The summed E-state index contributed by atoms with van der Waals surface area (Å²) in [5, 5.41) is 0. The van der Waals surface area contributed by atoms with Crippen LogP contribution >= 0.6 is 0 Å². The van der Waals surface area contributed by atoms with Crippen molar-refractivity contribution in [2.75, 3.05) is 23.7 Å². The summed E-state index contributed by atoms with van der Waals surface area (Å²) in [4.78, 5) is 23.2. The first kappa shape index (κ1) is 11.8. The third kappa shape index (κ3) is 3.49. The highest BCUT2D eigenvalue weighted by Crippen LogP contribution is 2.15. The van der Waals surface area contributed by atoms with E-state index in [9.17, 15) is 9.59 Å². The molecule has 0 heterocycles. The second-order valence-electron chi connectivity index (χ2n) is 3.38. The van der Waals surface area contributed by atoms with E-state index >= 15 is 0 Å². The van der Waals surface area contributed by atoms with E-state index in [1.54, 1.807) is 24.3 Å². The summed E-state index contributed by atoms with van der Waals surface area (Å²) in [5.41, 5.74) is 17.0. The standard InChI is InChI=1S/C10H14N4O2/c11-7-1-3-8(4-2-7)14(5-9(12)15)6-10(13)16/h1-4H,5-6,11H2,(H2,12,15)(H2,13,16). The van der Waals surface area contributed by atoms with E-state index in [0.717, 1.165) is 0 Å². The Morgan fingerprint density at radius 2 is 1.44 bits per heavy atom. The number of carbonyl (C=O) groups is 2. The van der Waals surface area contributed by atoms with Gasteiger partial charge in [0.25, 0.3) is 0 Å². The van der Waals surface area contributed by atoms with Crippen LogP contribution in [0.3, 0.4) is 0 Å². The minimum Gasteiger partial charge on any atom is -0.399 e. The number of rotatable bonds is 5. The Bertz CT molecular complexity index is 372. The highest BCUT2D eigenvalue weighted by molar-refractivity contribution is 5.84. The summed E-state index contributed by atoms with van der Waals surface area (Å²) in [6, 6.07) is 6.73. The molecule has 0 spiro atoms. The van der Waals surface area contributed by atoms with Gasteiger partial charge in [-0.15, -0.1) is 0 Å². The molecular weight excluding hydrogens is 208 g/mol. The molecule has 6 nitrogen and oxygen atoms in total. The van der Waals surface area contributed by atoms with Crippen LogP contribution in [0, 0.1) is 0 Å². The molecule has 16 heavy (non-hydrogen) atoms. The Hall–Kier alpha value is -2.24. The molecule has 6 N–H and O–H groups in total. The molecule has 0 unspecified atom stereocenters. The van der Waals surface area contributed by atoms with Crippen LogP contribution in [-0.2, 0) is 9.59 Å². The van der Waals surface area contributed by atoms with Crippen molar-refractivity contribution in [1.82, 2.24) is 0 Å². The van der Waals surface area contributed by atoms with Crippen LogP contribution in [0.25, 0.3) is 0 Å². The van der Waals surface area contributed by atoms with Gasteiger partial charge in [0.05, 0.1) is 13.1 Å². The molecule has 0 atom stereocenters. The minimum atomic E-state index is -0.530. The molecule has 0 aliphatic heterocycles. The van der Waals surface area contributed by atoms with Gasteiger partial charge in [-0.2, -0.15) is 0 Å². The van der Waals surface area contributed by atoms with Crippen LogP contribution < -0.4 is 22.1 Å². The molecule has 86 valence electrons. The van der Waals surface area contributed by atoms with Gasteiger partial charge in [0.1, 0.15) is 0 Å². The van der Waals surface area contributed by atoms with E-state index in [4.69, 9.17) is 17.2 Å². The van der Waals surface area contributed by atoms with Crippen molar-refractivity contribution in [2.24, 2.45) is 11.5 Å². The van der Waals surface area contributed by atoms with Gasteiger partial charge >= 0.3 is 0 Å². The van der Waals surface area contributed by atoms with Gasteiger partial charge in [0, 0.05) is 11.4 Å². The van der Waals surface area contributed by atoms with Crippen LogP contribution in [0.2, 0.25) is 0 Å². The highest BCUT2D eigenvalue weighted by Gasteiger charge is 2.11. The van der Waals surface area contributed by atoms with E-state index in [1.807, 2.05) is 0 Å². The van der Waals surface area contributed by atoms with Crippen molar-refractivity contribution < 1.29 is 9.59 Å². The summed E-state index contributed by atoms with van der Waals surface area (Å²) < 4.78 is 0. The van der Waals surface area contributed by atoms with Gasteiger partial charge < -0.3 is 22.1 Å². The molecule has 0 fully saturated rings. The summed E-state index contributed by atoms with van der Waals surface area (Å²) in [5.74, 6) is -1.06. The third-order valence-corrected chi connectivity index (χ3v) is 1.95. The average molecular weight is 222 g/mol. The van der Waals surface area contributed by atoms with Crippen molar-refractivity contribution in [3.63, 3.8) is 0 Å². The summed E-state index contributed by atoms with van der Waals surface area (Å²) in [7, 11) is 0. The summed E-state index contributed by atoms with van der Waals surface area (Å²) in [6.07, 6.45) is 0. The lowest BCUT2D eigenvalue weighted by Gasteiger charge is -2.21. The third-order valence-electron chi connectivity index (χ3n) is 1.95. The number of amides is 2. The number of anilines is 2. The quantitative estimate of drug-likeness (QED) is 0.557. The van der Waals surface area contributed by atoms with Gasteiger partial charge in [-0.05, 0) is 24.3 Å². The maximum absolute atomic E-state index is 10.8. The fraction of sp³-hybridized carbons (Fsp3) is 0.200. The van der Waals surface area contributed by atoms with Crippen molar-refractivity contribution in [2.45, 2.75) is 0 Å². The molecule has 1 rings (SSSR count). The monoisotopic (exact) mass is 222 g/mol. The van der Waals surface area contributed by atoms with E-state index in [1.165, 1.54) is 4.90 Å². The number of hydrogen-bond acceptors (Lipinski definition) is 4. The lowest BCUT2D eigenvalue weighted by atomic mass is 10.2. The Morgan fingerprint density at radius 3 is 1.81 bits per heavy atom. The van der Waals surface area contributed by atoms with Crippen LogP contribution in [0.4, 0.5) is 11.4 Å². The Kier molecular flexibility index (Phi) is 3.71. The first-order valence-electron chi connectivity index (χ1n) is 4.66. The van der Waals surface area contributed by atoms with Crippen molar-refractivity contribution in [3.05, 3.63) is 24.3 Å². The first-order chi connectivity index (χ1) is 7.49. The molecule has 0 radical (unpaired) electrons. The van der Waals surface area contributed by atoms with Crippen molar-refractivity contribution in [1.29, 1.82) is 0 Å². The molecule has 2 amide bonds. The molecule has 6 heteroatoms. The number of benzene rings is 1. The van der Waals surface area contributed by atoms with Crippen LogP contribution in [0.5, 0.6) is 0 Å². The predicted molar refractivity (Wildman–Crippen MR) is 61.5 cm³/mol. The Morgan fingerprint density at radius 1 is 1.00 bits per heavy atom. The fourth-order valence-corrected chi connectivity index (χ4v) is 1.30. The van der Waals surface area contributed by atoms with Crippen molar-refractivity contribution >= 4 is 23.2 Å². The van der Waals surface area contributed by atoms with Gasteiger partial charge in [-0.25, -0.2) is 0 Å². The lowest BCUT2D eigenvalue weighted by Crippen LogP contribution is -2.39. The average Bonchev–Trinajstić information content (AvgIpc) is 2.16. The van der Waals surface area contributed by atoms with Gasteiger partial charge in [0.2, 0.25) is 11.8 Å². The number of nitrogens with zero attached hydrogens (tertiary/aromatic N) is 1. The summed E-state index contributed by atoms with van der Waals surface area (Å²) >= 11 is 0. The lowest BCUT2D eigenvalue weighted by molar-refractivity contribution is -0.117. The van der Waals surface area contributed by atoms with Crippen molar-refractivity contribution in [3.8, 4) is 0 Å². The van der Waals surface area contributed by atoms with E-state index in [0.29, 0.717) is 11.4 Å². The Labute approximate surface area is 93.0 Å². The largest absolute Gasteiger partial charge is 0.399 e. The summed E-state index contributed by atoms with van der Waals surface area (Å²) in [6.45, 7) is -0.125. The molecular formula is C10H14N4O2. The zero-order chi connectivity index (χ0) is 12.1. The molecule has 0 saturated heterocycles. The Balaban J connectivity index is 2.86. The van der Waals surface area contributed by atoms with Crippen LogP contribution in [-0.4, -0.2) is 24.9 Å². The highest BCUT2D eigenvalue weighted by atomic mass is 16.2. The maximum Gasteiger partial charge on any atom is 0.236 e. The topological polar surface area (TPSA) is 115 Å². The van der Waals surface area contributed by atoms with Gasteiger partial charge in [-0.1, -0.05) is 0 Å². The van der Waals surface area contributed by atoms with Gasteiger partial charge in [-0.3, -0.25) is 9.59 Å². The molecule has 0 aliphatic carbocycles. The number of nitrogens with two attached hydrogens (primary N) is 3. The SMILES string of the molecule is NC(=O)CN(CC(N)=O)c1ccc(N)cc1. The predicted octanol–water partition coefficient (Wildman–Crippen LogP) is -0.954. The van der Waals surface area contributed by atoms with Gasteiger partial charge in [0.15, 0.2) is 0 Å². The van der Waals surface area contributed by atoms with E-state index in [2.05, 4.69) is 0 Å². The zero-order valence-corrected chi connectivity index (χ0v) is 8.72. The number of primary amides is 2. The second-order valence-corrected chi connectivity index (χ2v) is 3.38. The minimum absolute atomic E-state index is 0.0626. The van der Waals surface area contributed by atoms with Crippen LogP contribution in [0.1, 0.15) is 0 Å². The molecule has 0 bridgehead atoms. The molecule has 0 aliphatic rings. The smallest absolute Gasteiger partial charge is 0.236 e. The molecule has 1 aromatic carbocycles. The number of nitrogen functional groups attached to an aromatic ring is 1. The maximum atomic E-state index is 10.8. The van der Waals surface area contributed by atoms with E-state index in [-0.39, 0.29) is 13.1 Å². The molecule has 0 aromatic heterocycles. The fourth-order valence-electron chi connectivity index (χ4n) is 1.30. The zero-order valence-electron chi connectivity index (χ0n) is 8.72. The normalized spacial score (nSPS) is 9.75. The van der Waals surface area contributed by atoms with E-state index < -0.39 is 11.8 Å². The first-order valence-corrected chi connectivity index (χ1v) is 4.66. The van der Waals surface area contributed by atoms with Crippen LogP contribution in [0.15, 0.2) is 24.3 Å².